The van der Waals surface area contributed by atoms with Crippen LogP contribution < -0.4 is 4.90 Å². The van der Waals surface area contributed by atoms with Crippen LogP contribution in [0.5, 0.6) is 0 Å². The van der Waals surface area contributed by atoms with Gasteiger partial charge < -0.3 is 9.80 Å². The summed E-state index contributed by atoms with van der Waals surface area (Å²) in [6.45, 7) is 6.25. The molecule has 8 heteroatoms. The lowest BCUT2D eigenvalue weighted by atomic mass is 9.95. The highest BCUT2D eigenvalue weighted by atomic mass is 19.4. The fraction of sp³-hybridized carbons (Fsp3) is 0.450. The van der Waals surface area contributed by atoms with Crippen molar-refractivity contribution in [3.8, 4) is 0 Å². The topological polar surface area (TPSA) is 49.3 Å². The molecule has 4 rings (SSSR count). The molecule has 0 bridgehead atoms. The lowest BCUT2D eigenvalue weighted by Gasteiger charge is -2.41. The zero-order valence-electron chi connectivity index (χ0n) is 15.8. The Balaban J connectivity index is 1.33. The quantitative estimate of drug-likeness (QED) is 0.805. The maximum atomic E-state index is 12.8. The van der Waals surface area contributed by atoms with Gasteiger partial charge in [-0.15, -0.1) is 0 Å². The molecular formula is C20H21F3N4O. The van der Waals surface area contributed by atoms with Gasteiger partial charge in [-0.05, 0) is 43.2 Å². The van der Waals surface area contributed by atoms with Gasteiger partial charge in [0.15, 0.2) is 0 Å². The molecular weight excluding hydrogens is 369 g/mol. The van der Waals surface area contributed by atoms with Gasteiger partial charge in [-0.3, -0.25) is 14.8 Å². The number of alkyl halides is 3. The summed E-state index contributed by atoms with van der Waals surface area (Å²) >= 11 is 0. The lowest BCUT2D eigenvalue weighted by molar-refractivity contribution is -0.141. The highest BCUT2D eigenvalue weighted by molar-refractivity contribution is 5.77. The minimum Gasteiger partial charge on any atom is -0.371 e. The van der Waals surface area contributed by atoms with Crippen LogP contribution in [-0.2, 0) is 24.1 Å². The van der Waals surface area contributed by atoms with Crippen LogP contribution in [0.4, 0.5) is 18.9 Å². The summed E-state index contributed by atoms with van der Waals surface area (Å²) in [7, 11) is 0. The Kier molecular flexibility index (Phi) is 4.51. The van der Waals surface area contributed by atoms with Crippen molar-refractivity contribution in [3.05, 3.63) is 52.6 Å². The number of carbonyl (C=O) groups is 1. The zero-order chi connectivity index (χ0) is 20.1. The second kappa shape index (κ2) is 6.76. The maximum Gasteiger partial charge on any atom is 0.433 e. The Bertz CT molecular complexity index is 922. The van der Waals surface area contributed by atoms with Gasteiger partial charge in [0, 0.05) is 49.6 Å². The fourth-order valence-electron chi connectivity index (χ4n) is 3.95. The van der Waals surface area contributed by atoms with Crippen LogP contribution in [0.1, 0.15) is 34.6 Å². The Hall–Kier alpha value is -2.64. The summed E-state index contributed by atoms with van der Waals surface area (Å²) in [4.78, 5) is 24.3. The van der Waals surface area contributed by atoms with Crippen molar-refractivity contribution < 1.29 is 18.0 Å². The summed E-state index contributed by atoms with van der Waals surface area (Å²) < 4.78 is 38.4. The van der Waals surface area contributed by atoms with E-state index < -0.39 is 11.9 Å². The number of pyridine rings is 2. The van der Waals surface area contributed by atoms with Crippen LogP contribution in [0.2, 0.25) is 0 Å². The van der Waals surface area contributed by atoms with Crippen LogP contribution in [0, 0.1) is 19.8 Å². The molecule has 5 nitrogen and oxygen atoms in total. The Morgan fingerprint density at radius 2 is 1.96 bits per heavy atom. The molecule has 1 fully saturated rings. The van der Waals surface area contributed by atoms with Gasteiger partial charge in [0.2, 0.25) is 5.91 Å². The number of aryl methyl sites for hydroxylation is 2. The molecule has 1 amide bonds. The fourth-order valence-corrected chi connectivity index (χ4v) is 3.95. The standard InChI is InChI=1S/C20H21F3N4O/c1-12-5-13(2)25-17-11-27(10-16(12)17)19(28)6-14-8-26(9-14)15-3-4-24-18(7-15)20(21,22)23/h3-5,7,14H,6,8-11H2,1-2H3. The van der Waals surface area contributed by atoms with Crippen molar-refractivity contribution >= 4 is 11.6 Å². The summed E-state index contributed by atoms with van der Waals surface area (Å²) in [5.41, 5.74) is 3.82. The van der Waals surface area contributed by atoms with Crippen molar-refractivity contribution in [1.29, 1.82) is 0 Å². The number of nitrogens with zero attached hydrogens (tertiary/aromatic N) is 4. The molecule has 2 aliphatic heterocycles. The SMILES string of the molecule is Cc1cc(C)c2c(n1)CN(C(=O)CC1CN(c3ccnc(C(F)(F)F)c3)C1)C2. The molecule has 0 radical (unpaired) electrons. The van der Waals surface area contributed by atoms with Crippen molar-refractivity contribution in [3.63, 3.8) is 0 Å². The normalized spacial score (nSPS) is 16.9. The molecule has 0 spiro atoms. The molecule has 0 N–H and O–H groups in total. The number of anilines is 1. The van der Waals surface area contributed by atoms with E-state index in [-0.39, 0.29) is 11.8 Å². The average Bonchev–Trinajstić information content (AvgIpc) is 3.01. The lowest BCUT2D eigenvalue weighted by Crippen LogP contribution is -2.48. The average molecular weight is 390 g/mol. The van der Waals surface area contributed by atoms with Crippen LogP contribution in [0.25, 0.3) is 0 Å². The second-order valence-electron chi connectivity index (χ2n) is 7.63. The van der Waals surface area contributed by atoms with Crippen LogP contribution in [-0.4, -0.2) is 33.9 Å². The molecule has 0 aromatic carbocycles. The molecule has 0 saturated carbocycles. The van der Waals surface area contributed by atoms with Crippen molar-refractivity contribution in [2.75, 3.05) is 18.0 Å². The largest absolute Gasteiger partial charge is 0.433 e. The summed E-state index contributed by atoms with van der Waals surface area (Å²) in [6, 6.07) is 4.66. The molecule has 0 unspecified atom stereocenters. The first-order chi connectivity index (χ1) is 13.2. The molecule has 28 heavy (non-hydrogen) atoms. The van der Waals surface area contributed by atoms with Crippen molar-refractivity contribution in [1.82, 2.24) is 14.9 Å². The van der Waals surface area contributed by atoms with E-state index in [9.17, 15) is 18.0 Å². The monoisotopic (exact) mass is 390 g/mol. The predicted octanol–water partition coefficient (Wildman–Crippen LogP) is 3.48. The molecule has 148 valence electrons. The van der Waals surface area contributed by atoms with Gasteiger partial charge in [0.1, 0.15) is 5.69 Å². The molecule has 1 saturated heterocycles. The highest BCUT2D eigenvalue weighted by Crippen LogP contribution is 2.33. The number of amides is 1. The summed E-state index contributed by atoms with van der Waals surface area (Å²) in [5, 5.41) is 0. The van der Waals surface area contributed by atoms with E-state index in [4.69, 9.17) is 0 Å². The van der Waals surface area contributed by atoms with E-state index in [0.717, 1.165) is 28.6 Å². The number of hydrogen-bond donors (Lipinski definition) is 0. The number of rotatable bonds is 3. The Labute approximate surface area is 161 Å². The number of carbonyl (C=O) groups excluding carboxylic acids is 1. The highest BCUT2D eigenvalue weighted by Gasteiger charge is 2.36. The maximum absolute atomic E-state index is 12.8. The van der Waals surface area contributed by atoms with E-state index in [2.05, 4.69) is 9.97 Å². The molecule has 0 atom stereocenters. The number of aromatic nitrogens is 2. The molecule has 0 aliphatic carbocycles. The predicted molar refractivity (Wildman–Crippen MR) is 97.5 cm³/mol. The molecule has 2 aromatic heterocycles. The van der Waals surface area contributed by atoms with E-state index in [1.165, 1.54) is 6.20 Å². The second-order valence-corrected chi connectivity index (χ2v) is 7.63. The smallest absolute Gasteiger partial charge is 0.371 e. The first-order valence-corrected chi connectivity index (χ1v) is 9.22. The Morgan fingerprint density at radius 1 is 1.21 bits per heavy atom. The van der Waals surface area contributed by atoms with Gasteiger partial charge in [-0.1, -0.05) is 0 Å². The van der Waals surface area contributed by atoms with Crippen molar-refractivity contribution in [2.24, 2.45) is 5.92 Å². The van der Waals surface area contributed by atoms with Gasteiger partial charge in [0.25, 0.3) is 0 Å². The van der Waals surface area contributed by atoms with Crippen molar-refractivity contribution in [2.45, 2.75) is 39.5 Å². The van der Waals surface area contributed by atoms with Gasteiger partial charge in [-0.25, -0.2) is 0 Å². The molecule has 2 aromatic rings. The van der Waals surface area contributed by atoms with Gasteiger partial charge >= 0.3 is 6.18 Å². The van der Waals surface area contributed by atoms with Crippen LogP contribution >= 0.6 is 0 Å². The summed E-state index contributed by atoms with van der Waals surface area (Å²) in [6.07, 6.45) is -2.87. The number of hydrogen-bond acceptors (Lipinski definition) is 4. The number of halogens is 3. The first kappa shape index (κ1) is 18.7. The number of fused-ring (bicyclic) bond motifs is 1. The first-order valence-electron chi connectivity index (χ1n) is 9.22. The summed E-state index contributed by atoms with van der Waals surface area (Å²) in [5.74, 6) is 0.222. The Morgan fingerprint density at radius 3 is 2.68 bits per heavy atom. The van der Waals surface area contributed by atoms with E-state index >= 15 is 0 Å². The van der Waals surface area contributed by atoms with Crippen LogP contribution in [0.15, 0.2) is 24.4 Å². The van der Waals surface area contributed by atoms with Gasteiger partial charge in [-0.2, -0.15) is 13.2 Å². The van der Waals surface area contributed by atoms with E-state index in [1.54, 1.807) is 6.07 Å². The zero-order valence-corrected chi connectivity index (χ0v) is 15.8. The minimum absolute atomic E-state index is 0.0745. The molecule has 2 aliphatic rings. The van der Waals surface area contributed by atoms with E-state index in [0.29, 0.717) is 38.3 Å². The van der Waals surface area contributed by atoms with Crippen LogP contribution in [0.3, 0.4) is 0 Å². The van der Waals surface area contributed by atoms with Gasteiger partial charge in [0.05, 0.1) is 12.2 Å². The van der Waals surface area contributed by atoms with E-state index in [1.807, 2.05) is 29.7 Å². The minimum atomic E-state index is -4.45. The third-order valence-corrected chi connectivity index (χ3v) is 5.42. The third-order valence-electron chi connectivity index (χ3n) is 5.42. The third kappa shape index (κ3) is 3.55. The molecule has 4 heterocycles.